The van der Waals surface area contributed by atoms with Crippen LogP contribution < -0.4 is 5.32 Å². The molecule has 0 aliphatic carbocycles. The van der Waals surface area contributed by atoms with Crippen LogP contribution in [0.2, 0.25) is 0 Å². The third-order valence-corrected chi connectivity index (χ3v) is 3.66. The molecular weight excluding hydrogens is 290 g/mol. The molecule has 0 saturated carbocycles. The van der Waals surface area contributed by atoms with E-state index in [-0.39, 0.29) is 18.5 Å². The highest BCUT2D eigenvalue weighted by molar-refractivity contribution is 5.76. The highest BCUT2D eigenvalue weighted by Crippen LogP contribution is 2.22. The number of aromatic nitrogens is 4. The van der Waals surface area contributed by atoms with Crippen molar-refractivity contribution in [2.75, 3.05) is 0 Å². The van der Waals surface area contributed by atoms with E-state index >= 15 is 0 Å². The first-order chi connectivity index (χ1) is 11.0. The van der Waals surface area contributed by atoms with E-state index in [1.165, 1.54) is 16.6 Å². The van der Waals surface area contributed by atoms with Gasteiger partial charge in [-0.15, -0.1) is 5.10 Å². The highest BCUT2D eigenvalue weighted by Gasteiger charge is 2.18. The van der Waals surface area contributed by atoms with Gasteiger partial charge in [-0.25, -0.2) is 4.68 Å². The molecule has 2 aromatic rings. The molecule has 0 aliphatic heterocycles. The largest absolute Gasteiger partial charge is 0.347 e. The second-order valence-electron chi connectivity index (χ2n) is 6.64. The smallest absolute Gasteiger partial charge is 0.242 e. The molecule has 0 unspecified atom stereocenters. The number of carbonyl (C=O) groups excluding carboxylic acids is 1. The lowest BCUT2D eigenvalue weighted by Gasteiger charge is -2.23. The molecule has 2 rings (SSSR count). The van der Waals surface area contributed by atoms with Crippen molar-refractivity contribution >= 4 is 5.91 Å². The van der Waals surface area contributed by atoms with Crippen molar-refractivity contribution in [1.29, 1.82) is 0 Å². The molecule has 0 spiro atoms. The first-order valence-electron chi connectivity index (χ1n) is 8.04. The van der Waals surface area contributed by atoms with Crippen molar-refractivity contribution in [1.82, 2.24) is 25.5 Å². The van der Waals surface area contributed by atoms with E-state index in [2.05, 4.69) is 72.8 Å². The monoisotopic (exact) mass is 315 g/mol. The quantitative estimate of drug-likeness (QED) is 0.851. The Labute approximate surface area is 137 Å². The first kappa shape index (κ1) is 17.1. The number of carbonyl (C=O) groups is 1. The molecule has 0 bridgehead atoms. The third kappa shape index (κ3) is 5.16. The molecule has 0 saturated heterocycles. The predicted octanol–water partition coefficient (Wildman–Crippen LogP) is 2.39. The minimum absolute atomic E-state index is 0.0212. The Hall–Kier alpha value is -2.24. The van der Waals surface area contributed by atoms with Crippen molar-refractivity contribution in [3.8, 4) is 0 Å². The number of amides is 1. The number of nitrogens with zero attached hydrogens (tertiary/aromatic N) is 4. The summed E-state index contributed by atoms with van der Waals surface area (Å²) in [6, 6.07) is 8.50. The Bertz CT molecular complexity index is 604. The Balaban J connectivity index is 2.04. The van der Waals surface area contributed by atoms with Crippen LogP contribution >= 0.6 is 0 Å². The summed E-state index contributed by atoms with van der Waals surface area (Å²) in [7, 11) is 0. The van der Waals surface area contributed by atoms with Crippen LogP contribution in [0.3, 0.4) is 0 Å². The molecule has 1 amide bonds. The van der Waals surface area contributed by atoms with Crippen LogP contribution in [0.25, 0.3) is 0 Å². The van der Waals surface area contributed by atoms with Crippen LogP contribution in [0, 0.1) is 11.8 Å². The van der Waals surface area contributed by atoms with Crippen LogP contribution in [0.1, 0.15) is 44.9 Å². The molecule has 0 aliphatic rings. The zero-order chi connectivity index (χ0) is 16.8. The normalized spacial score (nSPS) is 12.6. The van der Waals surface area contributed by atoms with E-state index in [1.807, 2.05) is 0 Å². The van der Waals surface area contributed by atoms with Crippen molar-refractivity contribution in [3.63, 3.8) is 0 Å². The van der Waals surface area contributed by atoms with Crippen LogP contribution in [0.4, 0.5) is 0 Å². The van der Waals surface area contributed by atoms with Crippen molar-refractivity contribution < 1.29 is 4.79 Å². The summed E-state index contributed by atoms with van der Waals surface area (Å²) in [6.07, 6.45) is 2.50. The second-order valence-corrected chi connectivity index (χ2v) is 6.64. The van der Waals surface area contributed by atoms with Gasteiger partial charge in [-0.2, -0.15) is 0 Å². The summed E-state index contributed by atoms with van der Waals surface area (Å²) in [6.45, 7) is 8.75. The predicted molar refractivity (Wildman–Crippen MR) is 88.5 cm³/mol. The van der Waals surface area contributed by atoms with E-state index in [4.69, 9.17) is 0 Å². The average molecular weight is 315 g/mol. The van der Waals surface area contributed by atoms with Crippen molar-refractivity contribution in [2.45, 2.75) is 46.7 Å². The number of benzene rings is 1. The SMILES string of the molecule is CC(C)Cc1ccc([C@H](NC(=O)Cn2cnnn2)C(C)C)cc1. The molecule has 1 aromatic heterocycles. The molecular formula is C17H25N5O. The topological polar surface area (TPSA) is 72.7 Å². The van der Waals surface area contributed by atoms with E-state index in [9.17, 15) is 4.79 Å². The molecule has 0 fully saturated rings. The number of rotatable bonds is 7. The zero-order valence-electron chi connectivity index (χ0n) is 14.2. The minimum atomic E-state index is -0.0951. The third-order valence-electron chi connectivity index (χ3n) is 3.66. The van der Waals surface area contributed by atoms with E-state index in [1.54, 1.807) is 0 Å². The molecule has 6 heteroatoms. The number of hydrogen-bond donors (Lipinski definition) is 1. The Kier molecular flexibility index (Phi) is 5.84. The van der Waals surface area contributed by atoms with Gasteiger partial charge in [0.1, 0.15) is 12.9 Å². The maximum absolute atomic E-state index is 12.2. The van der Waals surface area contributed by atoms with Crippen LogP contribution in [0.15, 0.2) is 30.6 Å². The van der Waals surface area contributed by atoms with Gasteiger partial charge in [0.25, 0.3) is 0 Å². The lowest BCUT2D eigenvalue weighted by molar-refractivity contribution is -0.123. The number of nitrogens with one attached hydrogen (secondary N) is 1. The summed E-state index contributed by atoms with van der Waals surface area (Å²) in [5.74, 6) is 0.837. The Morgan fingerprint density at radius 3 is 2.39 bits per heavy atom. The maximum Gasteiger partial charge on any atom is 0.242 e. The fraction of sp³-hybridized carbons (Fsp3) is 0.529. The summed E-state index contributed by atoms with van der Waals surface area (Å²) < 4.78 is 1.42. The highest BCUT2D eigenvalue weighted by atomic mass is 16.2. The van der Waals surface area contributed by atoms with Gasteiger partial charge < -0.3 is 5.32 Å². The first-order valence-corrected chi connectivity index (χ1v) is 8.04. The second kappa shape index (κ2) is 7.85. The summed E-state index contributed by atoms with van der Waals surface area (Å²) >= 11 is 0. The van der Waals surface area contributed by atoms with Gasteiger partial charge in [0, 0.05) is 0 Å². The fourth-order valence-corrected chi connectivity index (χ4v) is 2.59. The Morgan fingerprint density at radius 1 is 1.17 bits per heavy atom. The van der Waals surface area contributed by atoms with Crippen molar-refractivity contribution in [3.05, 3.63) is 41.7 Å². The molecule has 1 aromatic carbocycles. The van der Waals surface area contributed by atoms with Gasteiger partial charge >= 0.3 is 0 Å². The van der Waals surface area contributed by atoms with E-state index in [0.29, 0.717) is 11.8 Å². The average Bonchev–Trinajstić information content (AvgIpc) is 2.98. The summed E-state index contributed by atoms with van der Waals surface area (Å²) in [5, 5.41) is 13.9. The van der Waals surface area contributed by atoms with Crippen LogP contribution in [0.5, 0.6) is 0 Å². The summed E-state index contributed by atoms with van der Waals surface area (Å²) in [4.78, 5) is 12.2. The van der Waals surface area contributed by atoms with Gasteiger partial charge in [-0.3, -0.25) is 4.79 Å². The van der Waals surface area contributed by atoms with Gasteiger partial charge in [0.2, 0.25) is 5.91 Å². The van der Waals surface area contributed by atoms with Gasteiger partial charge in [0.05, 0.1) is 6.04 Å². The number of hydrogen-bond acceptors (Lipinski definition) is 4. The van der Waals surface area contributed by atoms with Gasteiger partial charge in [-0.1, -0.05) is 52.0 Å². The lowest BCUT2D eigenvalue weighted by atomic mass is 9.93. The number of tetrazole rings is 1. The van der Waals surface area contributed by atoms with E-state index in [0.717, 1.165) is 12.0 Å². The molecule has 1 atom stereocenters. The lowest BCUT2D eigenvalue weighted by Crippen LogP contribution is -2.34. The van der Waals surface area contributed by atoms with Crippen LogP contribution in [-0.2, 0) is 17.8 Å². The standard InChI is InChI=1S/C17H25N5O/c1-12(2)9-14-5-7-15(8-6-14)17(13(3)4)19-16(23)10-22-11-18-20-21-22/h5-8,11-13,17H,9-10H2,1-4H3,(H,19,23)/t17-/m1/s1. The van der Waals surface area contributed by atoms with Crippen molar-refractivity contribution in [2.24, 2.45) is 11.8 Å². The molecule has 1 heterocycles. The van der Waals surface area contributed by atoms with E-state index < -0.39 is 0 Å². The van der Waals surface area contributed by atoms with Gasteiger partial charge in [-0.05, 0) is 39.8 Å². The minimum Gasteiger partial charge on any atom is -0.347 e. The van der Waals surface area contributed by atoms with Gasteiger partial charge in [0.15, 0.2) is 0 Å². The zero-order valence-corrected chi connectivity index (χ0v) is 14.2. The molecule has 0 radical (unpaired) electrons. The molecule has 1 N–H and O–H groups in total. The molecule has 23 heavy (non-hydrogen) atoms. The summed E-state index contributed by atoms with van der Waals surface area (Å²) in [5.41, 5.74) is 2.45. The fourth-order valence-electron chi connectivity index (χ4n) is 2.59. The molecule has 124 valence electrons. The molecule has 6 nitrogen and oxygen atoms in total. The maximum atomic E-state index is 12.2. The van der Waals surface area contributed by atoms with Crippen LogP contribution in [-0.4, -0.2) is 26.1 Å². The Morgan fingerprint density at radius 2 is 1.87 bits per heavy atom.